The van der Waals surface area contributed by atoms with Gasteiger partial charge in [-0.1, -0.05) is 0 Å². The SMILES string of the molecule is CNS(=O)(=O)c1ccc(N2CCCCC2C)cc1N. The van der Waals surface area contributed by atoms with E-state index in [2.05, 4.69) is 16.5 Å². The molecule has 1 unspecified atom stereocenters. The number of nitrogens with zero attached hydrogens (tertiary/aromatic N) is 1. The summed E-state index contributed by atoms with van der Waals surface area (Å²) in [4.78, 5) is 2.43. The lowest BCUT2D eigenvalue weighted by molar-refractivity contribution is 0.485. The summed E-state index contributed by atoms with van der Waals surface area (Å²) in [5.41, 5.74) is 7.19. The van der Waals surface area contributed by atoms with Gasteiger partial charge in [-0.25, -0.2) is 13.1 Å². The minimum absolute atomic E-state index is 0.142. The Hall–Kier alpha value is -1.27. The van der Waals surface area contributed by atoms with Crippen molar-refractivity contribution >= 4 is 21.4 Å². The van der Waals surface area contributed by atoms with Gasteiger partial charge in [-0.05, 0) is 51.4 Å². The summed E-state index contributed by atoms with van der Waals surface area (Å²) in [5, 5.41) is 0. The van der Waals surface area contributed by atoms with E-state index in [0.29, 0.717) is 11.7 Å². The van der Waals surface area contributed by atoms with Crippen LogP contribution in [0.5, 0.6) is 0 Å². The summed E-state index contributed by atoms with van der Waals surface area (Å²) in [6.45, 7) is 3.19. The first-order valence-corrected chi connectivity index (χ1v) is 8.04. The predicted molar refractivity (Wildman–Crippen MR) is 77.8 cm³/mol. The van der Waals surface area contributed by atoms with Crippen LogP contribution in [0.25, 0.3) is 0 Å². The van der Waals surface area contributed by atoms with Gasteiger partial charge >= 0.3 is 0 Å². The van der Waals surface area contributed by atoms with Crippen molar-refractivity contribution in [2.45, 2.75) is 37.1 Å². The van der Waals surface area contributed by atoms with Crippen LogP contribution < -0.4 is 15.4 Å². The Balaban J connectivity index is 2.33. The molecule has 2 rings (SSSR count). The molecule has 0 aliphatic carbocycles. The number of nitrogens with two attached hydrogens (primary N) is 1. The Morgan fingerprint density at radius 1 is 1.37 bits per heavy atom. The topological polar surface area (TPSA) is 75.4 Å². The zero-order valence-electron chi connectivity index (χ0n) is 11.4. The molecule has 0 spiro atoms. The van der Waals surface area contributed by atoms with E-state index < -0.39 is 10.0 Å². The standard InChI is InChI=1S/C13H21N3O2S/c1-10-5-3-4-8-16(10)11-6-7-13(12(14)9-11)19(17,18)15-2/h6-7,9-10,15H,3-5,8,14H2,1-2H3. The van der Waals surface area contributed by atoms with E-state index in [1.165, 1.54) is 19.9 Å². The van der Waals surface area contributed by atoms with Crippen LogP contribution in [0.1, 0.15) is 26.2 Å². The molecule has 0 bridgehead atoms. The molecule has 0 radical (unpaired) electrons. The molecule has 1 aliphatic rings. The summed E-state index contributed by atoms with van der Waals surface area (Å²) in [5.74, 6) is 0. The highest BCUT2D eigenvalue weighted by atomic mass is 32.2. The van der Waals surface area contributed by atoms with Gasteiger partial charge in [0, 0.05) is 18.3 Å². The number of sulfonamides is 1. The van der Waals surface area contributed by atoms with Crippen molar-refractivity contribution in [1.82, 2.24) is 4.72 Å². The third kappa shape index (κ3) is 2.84. The molecule has 0 aromatic heterocycles. The minimum Gasteiger partial charge on any atom is -0.398 e. The number of piperidine rings is 1. The second kappa shape index (κ2) is 5.38. The maximum atomic E-state index is 11.8. The van der Waals surface area contributed by atoms with E-state index in [4.69, 9.17) is 5.73 Å². The Kier molecular flexibility index (Phi) is 4.01. The highest BCUT2D eigenvalue weighted by Gasteiger charge is 2.21. The van der Waals surface area contributed by atoms with Gasteiger partial charge in [-0.3, -0.25) is 0 Å². The molecule has 0 amide bonds. The zero-order chi connectivity index (χ0) is 14.0. The molecule has 1 aromatic rings. The first kappa shape index (κ1) is 14.1. The second-order valence-electron chi connectivity index (χ2n) is 4.97. The Labute approximate surface area is 114 Å². The first-order valence-electron chi connectivity index (χ1n) is 6.55. The third-order valence-corrected chi connectivity index (χ3v) is 5.17. The average molecular weight is 283 g/mol. The van der Waals surface area contributed by atoms with E-state index in [1.807, 2.05) is 6.07 Å². The fourth-order valence-corrected chi connectivity index (χ4v) is 3.39. The van der Waals surface area contributed by atoms with Gasteiger partial charge < -0.3 is 10.6 Å². The summed E-state index contributed by atoms with van der Waals surface area (Å²) in [7, 11) is -2.10. The number of nitrogens with one attached hydrogen (secondary N) is 1. The Bertz CT molecular complexity index is 557. The van der Waals surface area contributed by atoms with Crippen LogP contribution in [0.15, 0.2) is 23.1 Å². The van der Waals surface area contributed by atoms with Crippen LogP contribution >= 0.6 is 0 Å². The number of benzene rings is 1. The lowest BCUT2D eigenvalue weighted by atomic mass is 10.0. The van der Waals surface area contributed by atoms with E-state index >= 15 is 0 Å². The number of hydrogen-bond acceptors (Lipinski definition) is 4. The highest BCUT2D eigenvalue weighted by Crippen LogP contribution is 2.29. The van der Waals surface area contributed by atoms with Crippen LogP contribution in [0.4, 0.5) is 11.4 Å². The summed E-state index contributed by atoms with van der Waals surface area (Å²) in [6, 6.07) is 5.65. The van der Waals surface area contributed by atoms with E-state index in [1.54, 1.807) is 12.1 Å². The quantitative estimate of drug-likeness (QED) is 0.825. The molecular formula is C13H21N3O2S. The third-order valence-electron chi connectivity index (χ3n) is 3.69. The fourth-order valence-electron chi connectivity index (χ4n) is 2.55. The second-order valence-corrected chi connectivity index (χ2v) is 6.82. The first-order chi connectivity index (χ1) is 8.95. The van der Waals surface area contributed by atoms with Crippen LogP contribution in [0, 0.1) is 0 Å². The van der Waals surface area contributed by atoms with Gasteiger partial charge in [0.1, 0.15) is 4.90 Å². The van der Waals surface area contributed by atoms with Crippen molar-refractivity contribution in [2.24, 2.45) is 0 Å². The molecule has 0 saturated carbocycles. The monoisotopic (exact) mass is 283 g/mol. The van der Waals surface area contributed by atoms with Gasteiger partial charge in [-0.2, -0.15) is 0 Å². The van der Waals surface area contributed by atoms with E-state index in [-0.39, 0.29) is 4.90 Å². The Morgan fingerprint density at radius 2 is 2.11 bits per heavy atom. The van der Waals surface area contributed by atoms with E-state index in [0.717, 1.165) is 18.7 Å². The molecular weight excluding hydrogens is 262 g/mol. The molecule has 6 heteroatoms. The molecule has 1 aromatic carbocycles. The molecule has 3 N–H and O–H groups in total. The smallest absolute Gasteiger partial charge is 0.242 e. The number of nitrogen functional groups attached to an aromatic ring is 1. The largest absolute Gasteiger partial charge is 0.398 e. The molecule has 1 fully saturated rings. The molecule has 1 saturated heterocycles. The van der Waals surface area contributed by atoms with Crippen LogP contribution in [0.2, 0.25) is 0 Å². The average Bonchev–Trinajstić information content (AvgIpc) is 2.39. The van der Waals surface area contributed by atoms with Crippen molar-refractivity contribution in [1.29, 1.82) is 0 Å². The van der Waals surface area contributed by atoms with Gasteiger partial charge in [0.15, 0.2) is 0 Å². The van der Waals surface area contributed by atoms with Crippen molar-refractivity contribution in [2.75, 3.05) is 24.2 Å². The van der Waals surface area contributed by atoms with E-state index in [9.17, 15) is 8.42 Å². The maximum Gasteiger partial charge on any atom is 0.242 e. The Morgan fingerprint density at radius 3 is 2.68 bits per heavy atom. The number of hydrogen-bond donors (Lipinski definition) is 2. The summed E-state index contributed by atoms with van der Waals surface area (Å²) in [6.07, 6.45) is 3.58. The lowest BCUT2D eigenvalue weighted by Gasteiger charge is -2.35. The highest BCUT2D eigenvalue weighted by molar-refractivity contribution is 7.89. The molecule has 1 aliphatic heterocycles. The maximum absolute atomic E-state index is 11.8. The molecule has 5 nitrogen and oxygen atoms in total. The summed E-state index contributed by atoms with van der Waals surface area (Å²) < 4.78 is 25.8. The van der Waals surface area contributed by atoms with Crippen molar-refractivity contribution in [3.05, 3.63) is 18.2 Å². The van der Waals surface area contributed by atoms with Crippen molar-refractivity contribution in [3.8, 4) is 0 Å². The minimum atomic E-state index is -3.48. The van der Waals surface area contributed by atoms with Gasteiger partial charge in [0.2, 0.25) is 10.0 Å². The number of rotatable bonds is 3. The number of anilines is 2. The van der Waals surface area contributed by atoms with Crippen LogP contribution in [-0.2, 0) is 10.0 Å². The summed E-state index contributed by atoms with van der Waals surface area (Å²) >= 11 is 0. The van der Waals surface area contributed by atoms with Crippen LogP contribution in [-0.4, -0.2) is 28.1 Å². The molecule has 106 valence electrons. The van der Waals surface area contributed by atoms with Crippen LogP contribution in [0.3, 0.4) is 0 Å². The normalized spacial score (nSPS) is 20.5. The van der Waals surface area contributed by atoms with Gasteiger partial charge in [0.05, 0.1) is 5.69 Å². The predicted octanol–water partition coefficient (Wildman–Crippen LogP) is 1.56. The van der Waals surface area contributed by atoms with Gasteiger partial charge in [0.25, 0.3) is 0 Å². The van der Waals surface area contributed by atoms with Crippen molar-refractivity contribution in [3.63, 3.8) is 0 Å². The zero-order valence-corrected chi connectivity index (χ0v) is 12.2. The van der Waals surface area contributed by atoms with Gasteiger partial charge in [-0.15, -0.1) is 0 Å². The molecule has 19 heavy (non-hydrogen) atoms. The molecule has 1 atom stereocenters. The fraction of sp³-hybridized carbons (Fsp3) is 0.538. The molecule has 1 heterocycles. The van der Waals surface area contributed by atoms with Crippen molar-refractivity contribution < 1.29 is 8.42 Å². The lowest BCUT2D eigenvalue weighted by Crippen LogP contribution is -2.37.